The SMILES string of the molecule is CC/C=C/c1ccc(NC)c(C)c1. The molecule has 13 heavy (non-hydrogen) atoms. The highest BCUT2D eigenvalue weighted by Gasteiger charge is 1.94. The quantitative estimate of drug-likeness (QED) is 0.741. The monoisotopic (exact) mass is 175 g/mol. The lowest BCUT2D eigenvalue weighted by molar-refractivity contribution is 1.23. The molecule has 0 heterocycles. The fraction of sp³-hybridized carbons (Fsp3) is 0.333. The summed E-state index contributed by atoms with van der Waals surface area (Å²) in [6.07, 6.45) is 5.42. The van der Waals surface area contributed by atoms with Gasteiger partial charge in [-0.3, -0.25) is 0 Å². The van der Waals surface area contributed by atoms with Crippen molar-refractivity contribution in [3.8, 4) is 0 Å². The second-order valence-corrected chi connectivity index (χ2v) is 3.13. The van der Waals surface area contributed by atoms with Crippen molar-refractivity contribution in [2.24, 2.45) is 0 Å². The van der Waals surface area contributed by atoms with Crippen molar-refractivity contribution in [2.45, 2.75) is 20.3 Å². The number of nitrogens with one attached hydrogen (secondary N) is 1. The third-order valence-electron chi connectivity index (χ3n) is 2.07. The van der Waals surface area contributed by atoms with Crippen molar-refractivity contribution >= 4 is 11.8 Å². The predicted octanol–water partition coefficient (Wildman–Crippen LogP) is 3.46. The Hall–Kier alpha value is -1.24. The first-order valence-corrected chi connectivity index (χ1v) is 4.73. The zero-order chi connectivity index (χ0) is 9.68. The predicted molar refractivity (Wildman–Crippen MR) is 60.1 cm³/mol. The van der Waals surface area contributed by atoms with E-state index in [1.807, 2.05) is 7.05 Å². The molecule has 0 bridgehead atoms. The first-order valence-electron chi connectivity index (χ1n) is 4.73. The van der Waals surface area contributed by atoms with Crippen LogP contribution in [0.15, 0.2) is 24.3 Å². The average molecular weight is 175 g/mol. The minimum Gasteiger partial charge on any atom is -0.388 e. The highest BCUT2D eigenvalue weighted by Crippen LogP contribution is 2.16. The molecule has 1 nitrogen and oxygen atoms in total. The van der Waals surface area contributed by atoms with Crippen molar-refractivity contribution < 1.29 is 0 Å². The molecule has 1 N–H and O–H groups in total. The molecule has 0 aromatic heterocycles. The summed E-state index contributed by atoms with van der Waals surface area (Å²) in [6, 6.07) is 6.44. The summed E-state index contributed by atoms with van der Waals surface area (Å²) in [7, 11) is 1.95. The molecule has 0 fully saturated rings. The summed E-state index contributed by atoms with van der Waals surface area (Å²) in [4.78, 5) is 0. The Labute approximate surface area is 80.5 Å². The van der Waals surface area contributed by atoms with E-state index >= 15 is 0 Å². The lowest BCUT2D eigenvalue weighted by Crippen LogP contribution is -1.91. The molecular formula is C12H17N. The normalized spacial score (nSPS) is 10.7. The molecule has 1 rings (SSSR count). The van der Waals surface area contributed by atoms with Crippen LogP contribution in [0.1, 0.15) is 24.5 Å². The Morgan fingerprint density at radius 3 is 2.69 bits per heavy atom. The van der Waals surface area contributed by atoms with Gasteiger partial charge >= 0.3 is 0 Å². The highest BCUT2D eigenvalue weighted by atomic mass is 14.8. The van der Waals surface area contributed by atoms with Gasteiger partial charge in [0.2, 0.25) is 0 Å². The summed E-state index contributed by atoms with van der Waals surface area (Å²) < 4.78 is 0. The van der Waals surface area contributed by atoms with Gasteiger partial charge in [0.15, 0.2) is 0 Å². The maximum atomic E-state index is 3.15. The van der Waals surface area contributed by atoms with Crippen LogP contribution < -0.4 is 5.32 Å². The largest absolute Gasteiger partial charge is 0.388 e. The van der Waals surface area contributed by atoms with Crippen LogP contribution in [-0.4, -0.2) is 7.05 Å². The number of aryl methyl sites for hydroxylation is 1. The summed E-state index contributed by atoms with van der Waals surface area (Å²) in [5, 5.41) is 3.15. The van der Waals surface area contributed by atoms with Crippen molar-refractivity contribution in [3.05, 3.63) is 35.4 Å². The molecule has 0 saturated carbocycles. The molecule has 70 valence electrons. The van der Waals surface area contributed by atoms with E-state index in [4.69, 9.17) is 0 Å². The van der Waals surface area contributed by atoms with Crippen LogP contribution in [0.5, 0.6) is 0 Å². The topological polar surface area (TPSA) is 12.0 Å². The summed E-state index contributed by atoms with van der Waals surface area (Å²) in [5.74, 6) is 0. The number of rotatable bonds is 3. The van der Waals surface area contributed by atoms with Crippen LogP contribution in [0.25, 0.3) is 6.08 Å². The first-order chi connectivity index (χ1) is 6.27. The third kappa shape index (κ3) is 2.62. The Morgan fingerprint density at radius 1 is 1.38 bits per heavy atom. The van der Waals surface area contributed by atoms with E-state index in [-0.39, 0.29) is 0 Å². The lowest BCUT2D eigenvalue weighted by Gasteiger charge is -2.05. The van der Waals surface area contributed by atoms with Gasteiger partial charge in [0.05, 0.1) is 0 Å². The minimum absolute atomic E-state index is 1.09. The third-order valence-corrected chi connectivity index (χ3v) is 2.07. The van der Waals surface area contributed by atoms with E-state index in [0.717, 1.165) is 6.42 Å². The molecule has 0 radical (unpaired) electrons. The fourth-order valence-electron chi connectivity index (χ4n) is 1.32. The summed E-state index contributed by atoms with van der Waals surface area (Å²) >= 11 is 0. The number of hydrogen-bond acceptors (Lipinski definition) is 1. The number of benzene rings is 1. The van der Waals surface area contributed by atoms with Crippen molar-refractivity contribution in [1.29, 1.82) is 0 Å². The molecule has 0 unspecified atom stereocenters. The molecule has 1 aromatic rings. The molecule has 0 saturated heterocycles. The standard InChI is InChI=1S/C12H17N/c1-4-5-6-11-7-8-12(13-3)10(2)9-11/h5-9,13H,4H2,1-3H3/b6-5+. The molecule has 0 aliphatic rings. The molecule has 0 spiro atoms. The number of allylic oxidation sites excluding steroid dienone is 1. The smallest absolute Gasteiger partial charge is 0.0367 e. The number of hydrogen-bond donors (Lipinski definition) is 1. The van der Waals surface area contributed by atoms with Crippen molar-refractivity contribution in [3.63, 3.8) is 0 Å². The maximum Gasteiger partial charge on any atom is 0.0367 e. The Morgan fingerprint density at radius 2 is 2.15 bits per heavy atom. The molecule has 1 aromatic carbocycles. The van der Waals surface area contributed by atoms with Crippen LogP contribution in [0, 0.1) is 6.92 Å². The summed E-state index contributed by atoms with van der Waals surface area (Å²) in [5.41, 5.74) is 3.77. The van der Waals surface area contributed by atoms with Gasteiger partial charge in [-0.2, -0.15) is 0 Å². The zero-order valence-corrected chi connectivity index (χ0v) is 8.59. The van der Waals surface area contributed by atoms with Gasteiger partial charge in [0, 0.05) is 12.7 Å². The lowest BCUT2D eigenvalue weighted by atomic mass is 10.1. The van der Waals surface area contributed by atoms with E-state index in [1.165, 1.54) is 16.8 Å². The average Bonchev–Trinajstić information content (AvgIpc) is 2.15. The van der Waals surface area contributed by atoms with Crippen LogP contribution >= 0.6 is 0 Å². The second kappa shape index (κ2) is 4.70. The van der Waals surface area contributed by atoms with E-state index in [0.29, 0.717) is 0 Å². The van der Waals surface area contributed by atoms with Gasteiger partial charge in [0.25, 0.3) is 0 Å². The molecule has 0 atom stereocenters. The van der Waals surface area contributed by atoms with Gasteiger partial charge in [0.1, 0.15) is 0 Å². The van der Waals surface area contributed by atoms with Crippen LogP contribution in [0.2, 0.25) is 0 Å². The molecule has 0 aliphatic heterocycles. The van der Waals surface area contributed by atoms with Crippen LogP contribution in [0.4, 0.5) is 5.69 Å². The van der Waals surface area contributed by atoms with E-state index in [1.54, 1.807) is 0 Å². The Bertz CT molecular complexity index is 300. The Kier molecular flexibility index (Phi) is 3.56. The van der Waals surface area contributed by atoms with E-state index in [2.05, 4.69) is 49.5 Å². The number of anilines is 1. The second-order valence-electron chi connectivity index (χ2n) is 3.13. The maximum absolute atomic E-state index is 3.15. The van der Waals surface area contributed by atoms with Crippen LogP contribution in [0.3, 0.4) is 0 Å². The van der Waals surface area contributed by atoms with E-state index < -0.39 is 0 Å². The molecule has 0 amide bonds. The minimum atomic E-state index is 1.09. The molecular weight excluding hydrogens is 158 g/mol. The van der Waals surface area contributed by atoms with Gasteiger partial charge in [-0.1, -0.05) is 25.1 Å². The van der Waals surface area contributed by atoms with Crippen molar-refractivity contribution in [2.75, 3.05) is 12.4 Å². The summed E-state index contributed by atoms with van der Waals surface area (Å²) in [6.45, 7) is 4.26. The van der Waals surface area contributed by atoms with Gasteiger partial charge < -0.3 is 5.32 Å². The Balaban J connectivity index is 2.89. The van der Waals surface area contributed by atoms with E-state index in [9.17, 15) is 0 Å². The first kappa shape index (κ1) is 9.85. The van der Waals surface area contributed by atoms with Crippen molar-refractivity contribution in [1.82, 2.24) is 0 Å². The molecule has 1 heteroatoms. The van der Waals surface area contributed by atoms with Gasteiger partial charge in [-0.25, -0.2) is 0 Å². The zero-order valence-electron chi connectivity index (χ0n) is 8.59. The van der Waals surface area contributed by atoms with Gasteiger partial charge in [-0.05, 0) is 36.6 Å². The van der Waals surface area contributed by atoms with Crippen LogP contribution in [-0.2, 0) is 0 Å². The molecule has 0 aliphatic carbocycles. The highest BCUT2D eigenvalue weighted by molar-refractivity contribution is 5.58. The van der Waals surface area contributed by atoms with Gasteiger partial charge in [-0.15, -0.1) is 0 Å². The fourth-order valence-corrected chi connectivity index (χ4v) is 1.32.